The van der Waals surface area contributed by atoms with E-state index in [0.29, 0.717) is 22.4 Å². The van der Waals surface area contributed by atoms with Crippen molar-refractivity contribution in [3.63, 3.8) is 0 Å². The second kappa shape index (κ2) is 6.41. The maximum Gasteiger partial charge on any atom is 0.219 e. The Kier molecular flexibility index (Phi) is 4.56. The zero-order valence-corrected chi connectivity index (χ0v) is 13.0. The molecule has 0 bridgehead atoms. The number of Topliss-reactive ketones (excluding diaryl/α,β-unsaturated/α-hetero) is 2. The molecule has 1 aromatic carbocycles. The molecule has 0 aliphatic carbocycles. The predicted octanol–water partition coefficient (Wildman–Crippen LogP) is 3.76. The molecule has 1 aromatic heterocycles. The number of rotatable bonds is 4. The summed E-state index contributed by atoms with van der Waals surface area (Å²) in [5.74, 6) is -1.03. The molecule has 4 nitrogen and oxygen atoms in total. The Hall–Kier alpha value is -3.00. The summed E-state index contributed by atoms with van der Waals surface area (Å²) in [7, 11) is 0. The van der Waals surface area contributed by atoms with Gasteiger partial charge in [-0.05, 0) is 50.1 Å². The SMILES string of the molecule is CC(=O)c1c(C)[nH]c(C(=O)C(C#N)=Cc2ccc(F)cc2)c1C. The fourth-order valence-corrected chi connectivity index (χ4v) is 2.51. The molecular weight excluding hydrogens is 295 g/mol. The normalized spacial score (nSPS) is 11.2. The van der Waals surface area contributed by atoms with Gasteiger partial charge in [-0.25, -0.2) is 4.39 Å². The van der Waals surface area contributed by atoms with Crippen LogP contribution in [0, 0.1) is 31.0 Å². The Bertz CT molecular complexity index is 852. The first-order valence-electron chi connectivity index (χ1n) is 6.97. The van der Waals surface area contributed by atoms with Gasteiger partial charge in [0.25, 0.3) is 0 Å². The summed E-state index contributed by atoms with van der Waals surface area (Å²) in [6.45, 7) is 4.80. The van der Waals surface area contributed by atoms with Crippen molar-refractivity contribution in [2.24, 2.45) is 0 Å². The molecule has 0 atom stereocenters. The van der Waals surface area contributed by atoms with Gasteiger partial charge < -0.3 is 4.98 Å². The summed E-state index contributed by atoms with van der Waals surface area (Å²) in [4.78, 5) is 27.1. The van der Waals surface area contributed by atoms with Gasteiger partial charge in [0, 0.05) is 11.3 Å². The van der Waals surface area contributed by atoms with Gasteiger partial charge in [0.15, 0.2) is 5.78 Å². The average Bonchev–Trinajstić information content (AvgIpc) is 2.81. The van der Waals surface area contributed by atoms with Gasteiger partial charge in [-0.1, -0.05) is 12.1 Å². The minimum atomic E-state index is -0.495. The van der Waals surface area contributed by atoms with Crippen LogP contribution in [0.2, 0.25) is 0 Å². The van der Waals surface area contributed by atoms with E-state index in [0.717, 1.165) is 0 Å². The van der Waals surface area contributed by atoms with Crippen molar-refractivity contribution in [1.82, 2.24) is 4.98 Å². The second-order valence-corrected chi connectivity index (χ2v) is 5.23. The molecule has 0 amide bonds. The first-order chi connectivity index (χ1) is 10.8. The van der Waals surface area contributed by atoms with E-state index in [1.165, 1.54) is 37.3 Å². The number of hydrogen-bond donors (Lipinski definition) is 1. The van der Waals surface area contributed by atoms with Crippen LogP contribution in [0.4, 0.5) is 4.39 Å². The van der Waals surface area contributed by atoms with Crippen LogP contribution in [0.1, 0.15) is 44.6 Å². The minimum Gasteiger partial charge on any atom is -0.355 e. The van der Waals surface area contributed by atoms with E-state index in [1.807, 2.05) is 6.07 Å². The number of nitrogens with one attached hydrogen (secondary N) is 1. The number of halogens is 1. The zero-order chi connectivity index (χ0) is 17.1. The number of nitrogens with zero attached hydrogens (tertiary/aromatic N) is 1. The smallest absolute Gasteiger partial charge is 0.219 e. The lowest BCUT2D eigenvalue weighted by molar-refractivity contribution is 0.101. The third kappa shape index (κ3) is 3.27. The molecular formula is C18H15FN2O2. The zero-order valence-electron chi connectivity index (χ0n) is 13.0. The maximum atomic E-state index is 12.9. The molecule has 0 fully saturated rings. The van der Waals surface area contributed by atoms with Crippen molar-refractivity contribution in [2.75, 3.05) is 0 Å². The highest BCUT2D eigenvalue weighted by atomic mass is 19.1. The van der Waals surface area contributed by atoms with Gasteiger partial charge in [0.1, 0.15) is 17.5 Å². The molecule has 0 saturated carbocycles. The number of ketones is 2. The molecule has 2 rings (SSSR count). The van der Waals surface area contributed by atoms with E-state index in [9.17, 15) is 19.2 Å². The van der Waals surface area contributed by atoms with Crippen LogP contribution in [0.25, 0.3) is 6.08 Å². The number of aromatic amines is 1. The number of aryl methyl sites for hydroxylation is 1. The van der Waals surface area contributed by atoms with Crippen LogP contribution in [-0.4, -0.2) is 16.6 Å². The van der Waals surface area contributed by atoms with Gasteiger partial charge in [0.05, 0.1) is 5.69 Å². The van der Waals surface area contributed by atoms with Crippen molar-refractivity contribution < 1.29 is 14.0 Å². The lowest BCUT2D eigenvalue weighted by Gasteiger charge is -2.00. The van der Waals surface area contributed by atoms with Crippen molar-refractivity contribution >= 4 is 17.6 Å². The molecule has 5 heteroatoms. The molecule has 0 unspecified atom stereocenters. The number of nitriles is 1. The molecule has 2 aromatic rings. The maximum absolute atomic E-state index is 12.9. The summed E-state index contributed by atoms with van der Waals surface area (Å²) < 4.78 is 12.9. The third-order valence-electron chi connectivity index (χ3n) is 3.56. The van der Waals surface area contributed by atoms with Crippen LogP contribution < -0.4 is 0 Å². The largest absolute Gasteiger partial charge is 0.355 e. The quantitative estimate of drug-likeness (QED) is 0.531. The summed E-state index contributed by atoms with van der Waals surface area (Å²) in [5, 5.41) is 9.26. The molecule has 1 N–H and O–H groups in total. The lowest BCUT2D eigenvalue weighted by atomic mass is 10.0. The van der Waals surface area contributed by atoms with Gasteiger partial charge in [-0.2, -0.15) is 5.26 Å². The fourth-order valence-electron chi connectivity index (χ4n) is 2.51. The Morgan fingerprint density at radius 1 is 1.22 bits per heavy atom. The van der Waals surface area contributed by atoms with Gasteiger partial charge in [-0.15, -0.1) is 0 Å². The summed E-state index contributed by atoms with van der Waals surface area (Å²) in [6.07, 6.45) is 1.39. The molecule has 0 radical (unpaired) electrons. The molecule has 116 valence electrons. The minimum absolute atomic E-state index is 0.0870. The topological polar surface area (TPSA) is 73.7 Å². The van der Waals surface area contributed by atoms with Crippen LogP contribution >= 0.6 is 0 Å². The van der Waals surface area contributed by atoms with E-state index < -0.39 is 11.6 Å². The van der Waals surface area contributed by atoms with E-state index in [-0.39, 0.29) is 17.1 Å². The van der Waals surface area contributed by atoms with Crippen LogP contribution in [0.5, 0.6) is 0 Å². The van der Waals surface area contributed by atoms with E-state index >= 15 is 0 Å². The number of allylic oxidation sites excluding steroid dienone is 1. The Balaban J connectivity index is 2.46. The Morgan fingerprint density at radius 2 is 1.83 bits per heavy atom. The molecule has 0 spiro atoms. The Morgan fingerprint density at radius 3 is 2.30 bits per heavy atom. The predicted molar refractivity (Wildman–Crippen MR) is 84.6 cm³/mol. The first kappa shape index (κ1) is 16.4. The van der Waals surface area contributed by atoms with Crippen molar-refractivity contribution in [3.05, 3.63) is 63.7 Å². The van der Waals surface area contributed by atoms with Crippen LogP contribution in [0.15, 0.2) is 29.8 Å². The van der Waals surface area contributed by atoms with Gasteiger partial charge in [0.2, 0.25) is 5.78 Å². The van der Waals surface area contributed by atoms with E-state index in [1.54, 1.807) is 13.8 Å². The number of H-pyrrole nitrogens is 1. The molecule has 23 heavy (non-hydrogen) atoms. The second-order valence-electron chi connectivity index (χ2n) is 5.23. The first-order valence-corrected chi connectivity index (χ1v) is 6.97. The number of benzene rings is 1. The van der Waals surface area contributed by atoms with E-state index in [2.05, 4.69) is 4.98 Å². The van der Waals surface area contributed by atoms with Crippen molar-refractivity contribution in [2.45, 2.75) is 20.8 Å². The molecule has 0 saturated heterocycles. The number of hydrogen-bond acceptors (Lipinski definition) is 3. The Labute approximate surface area is 133 Å². The highest BCUT2D eigenvalue weighted by molar-refractivity contribution is 6.15. The standard InChI is InChI=1S/C18H15FN2O2/c1-10-16(12(3)22)11(2)21-17(10)18(23)14(9-20)8-13-4-6-15(19)7-5-13/h4-8,21H,1-3H3. The third-order valence-corrected chi connectivity index (χ3v) is 3.56. The van der Waals surface area contributed by atoms with Gasteiger partial charge in [-0.3, -0.25) is 9.59 Å². The van der Waals surface area contributed by atoms with Crippen molar-refractivity contribution in [3.8, 4) is 6.07 Å². The highest BCUT2D eigenvalue weighted by Gasteiger charge is 2.22. The highest BCUT2D eigenvalue weighted by Crippen LogP contribution is 2.22. The summed E-state index contributed by atoms with van der Waals surface area (Å²) in [6, 6.07) is 7.33. The molecule has 1 heterocycles. The fraction of sp³-hybridized carbons (Fsp3) is 0.167. The molecule has 0 aliphatic rings. The summed E-state index contributed by atoms with van der Waals surface area (Å²) >= 11 is 0. The monoisotopic (exact) mass is 310 g/mol. The van der Waals surface area contributed by atoms with Crippen molar-refractivity contribution in [1.29, 1.82) is 5.26 Å². The van der Waals surface area contributed by atoms with Crippen LogP contribution in [-0.2, 0) is 0 Å². The van der Waals surface area contributed by atoms with Gasteiger partial charge >= 0.3 is 0 Å². The number of carbonyl (C=O) groups excluding carboxylic acids is 2. The number of aromatic nitrogens is 1. The average molecular weight is 310 g/mol. The lowest BCUT2D eigenvalue weighted by Crippen LogP contribution is -2.05. The van der Waals surface area contributed by atoms with Crippen LogP contribution in [0.3, 0.4) is 0 Å². The summed E-state index contributed by atoms with van der Waals surface area (Å²) in [5.41, 5.74) is 2.27. The molecule has 0 aliphatic heterocycles. The van der Waals surface area contributed by atoms with E-state index in [4.69, 9.17) is 0 Å². The number of carbonyl (C=O) groups is 2.